The van der Waals surface area contributed by atoms with Crippen molar-refractivity contribution < 1.29 is 4.21 Å². The van der Waals surface area contributed by atoms with Crippen molar-refractivity contribution in [3.8, 4) is 0 Å². The van der Waals surface area contributed by atoms with Crippen molar-refractivity contribution in [2.24, 2.45) is 0 Å². The third-order valence-corrected chi connectivity index (χ3v) is 6.41. The summed E-state index contributed by atoms with van der Waals surface area (Å²) in [6, 6.07) is 16.4. The summed E-state index contributed by atoms with van der Waals surface area (Å²) in [4.78, 5) is 0. The van der Waals surface area contributed by atoms with Gasteiger partial charge in [-0.1, -0.05) is 24.3 Å². The maximum atomic E-state index is 12.5. The largest absolute Gasteiger partial charge is 0.312 e. The number of hydrogen-bond acceptors (Lipinski definition) is 3. The fourth-order valence-corrected chi connectivity index (χ4v) is 4.91. The van der Waals surface area contributed by atoms with Crippen molar-refractivity contribution in [1.29, 1.82) is 0 Å². The molecule has 0 saturated heterocycles. The third-order valence-electron chi connectivity index (χ3n) is 3.89. The highest BCUT2D eigenvalue weighted by Crippen LogP contribution is 2.28. The molecule has 0 saturated carbocycles. The Balaban J connectivity index is 1.58. The van der Waals surface area contributed by atoms with E-state index in [9.17, 15) is 4.21 Å². The van der Waals surface area contributed by atoms with Gasteiger partial charge in [0.05, 0.1) is 0 Å². The van der Waals surface area contributed by atoms with Crippen molar-refractivity contribution in [2.45, 2.75) is 17.2 Å². The van der Waals surface area contributed by atoms with E-state index in [1.165, 1.54) is 15.8 Å². The molecular weight excluding hydrogens is 312 g/mol. The number of anilines is 1. The van der Waals surface area contributed by atoms with Crippen LogP contribution in [0.3, 0.4) is 0 Å². The Bertz CT molecular complexity index is 824. The van der Waals surface area contributed by atoms with Gasteiger partial charge in [0.15, 0.2) is 11.0 Å². The van der Waals surface area contributed by atoms with Crippen molar-refractivity contribution >= 4 is 38.1 Å². The molecule has 112 valence electrons. The summed E-state index contributed by atoms with van der Waals surface area (Å²) in [5.41, 5.74) is 3.61. The maximum absolute atomic E-state index is 12.5. The Morgan fingerprint density at radius 3 is 2.91 bits per heavy atom. The standard InChI is InChI=1S/C17H16N2OS2/c20-22(17-10-13-3-1-2-4-16(13)21-17)19-15-6-5-14-11-18-8-7-12(14)9-15/h1-6,9-10,18-19H,7-8,11H2. The average molecular weight is 328 g/mol. The smallest absolute Gasteiger partial charge is 0.160 e. The lowest BCUT2D eigenvalue weighted by Gasteiger charge is -2.18. The number of hydrogen-bond donors (Lipinski definition) is 2. The van der Waals surface area contributed by atoms with E-state index in [0.717, 1.165) is 34.8 Å². The predicted octanol–water partition coefficient (Wildman–Crippen LogP) is 3.68. The van der Waals surface area contributed by atoms with E-state index in [4.69, 9.17) is 0 Å². The van der Waals surface area contributed by atoms with Crippen LogP contribution in [0.25, 0.3) is 10.1 Å². The van der Waals surface area contributed by atoms with Gasteiger partial charge in [0.2, 0.25) is 0 Å². The van der Waals surface area contributed by atoms with E-state index in [2.05, 4.69) is 34.3 Å². The minimum atomic E-state index is -1.21. The molecule has 2 heterocycles. The van der Waals surface area contributed by atoms with Gasteiger partial charge in [0.1, 0.15) is 4.21 Å². The SMILES string of the molecule is O=S(Nc1ccc2c(c1)CCNC2)c1cc2ccccc2s1. The zero-order valence-electron chi connectivity index (χ0n) is 12.0. The minimum absolute atomic E-state index is 0.862. The summed E-state index contributed by atoms with van der Waals surface area (Å²) in [5, 5.41) is 4.51. The Morgan fingerprint density at radius 1 is 1.09 bits per heavy atom. The summed E-state index contributed by atoms with van der Waals surface area (Å²) in [6.45, 7) is 1.94. The highest BCUT2D eigenvalue weighted by molar-refractivity contribution is 7.88. The van der Waals surface area contributed by atoms with Crippen molar-refractivity contribution in [3.05, 3.63) is 59.7 Å². The molecule has 3 nitrogen and oxygen atoms in total. The van der Waals surface area contributed by atoms with E-state index < -0.39 is 11.0 Å². The summed E-state index contributed by atoms with van der Waals surface area (Å²) in [5.74, 6) is 0. The molecule has 0 fully saturated rings. The van der Waals surface area contributed by atoms with E-state index in [1.54, 1.807) is 11.3 Å². The lowest BCUT2D eigenvalue weighted by atomic mass is 10.0. The molecular formula is C17H16N2OS2. The number of fused-ring (bicyclic) bond motifs is 2. The molecule has 0 bridgehead atoms. The van der Waals surface area contributed by atoms with Crippen LogP contribution in [0.15, 0.2) is 52.7 Å². The first-order valence-corrected chi connectivity index (χ1v) is 9.26. The molecule has 1 aromatic heterocycles. The topological polar surface area (TPSA) is 41.1 Å². The number of rotatable bonds is 3. The van der Waals surface area contributed by atoms with E-state index in [0.29, 0.717) is 0 Å². The molecule has 5 heteroatoms. The van der Waals surface area contributed by atoms with Gasteiger partial charge in [-0.05, 0) is 53.7 Å². The van der Waals surface area contributed by atoms with Crippen LogP contribution >= 0.6 is 11.3 Å². The monoisotopic (exact) mass is 328 g/mol. The predicted molar refractivity (Wildman–Crippen MR) is 93.7 cm³/mol. The molecule has 0 radical (unpaired) electrons. The zero-order chi connectivity index (χ0) is 14.9. The second-order valence-corrected chi connectivity index (χ2v) is 7.91. The van der Waals surface area contributed by atoms with Gasteiger partial charge in [-0.15, -0.1) is 11.3 Å². The van der Waals surface area contributed by atoms with Crippen LogP contribution in [-0.2, 0) is 24.0 Å². The number of thiophene rings is 1. The highest BCUT2D eigenvalue weighted by Gasteiger charge is 2.12. The Labute approximate surface area is 136 Å². The molecule has 2 N–H and O–H groups in total. The Hall–Kier alpha value is -1.69. The van der Waals surface area contributed by atoms with E-state index in [1.807, 2.05) is 24.3 Å². The van der Waals surface area contributed by atoms with Gasteiger partial charge in [-0.2, -0.15) is 0 Å². The Morgan fingerprint density at radius 2 is 2.00 bits per heavy atom. The fourth-order valence-electron chi connectivity index (χ4n) is 2.75. The van der Waals surface area contributed by atoms with Crippen LogP contribution in [0.5, 0.6) is 0 Å². The van der Waals surface area contributed by atoms with Crippen LogP contribution in [-0.4, -0.2) is 10.8 Å². The molecule has 4 rings (SSSR count). The quantitative estimate of drug-likeness (QED) is 0.770. The summed E-state index contributed by atoms with van der Waals surface area (Å²) in [6.07, 6.45) is 1.03. The molecule has 0 aliphatic carbocycles. The second kappa shape index (κ2) is 5.83. The first kappa shape index (κ1) is 13.9. The van der Waals surface area contributed by atoms with Crippen LogP contribution in [0, 0.1) is 0 Å². The molecule has 1 atom stereocenters. The zero-order valence-corrected chi connectivity index (χ0v) is 13.6. The molecule has 1 aliphatic rings. The normalized spacial score (nSPS) is 15.5. The molecule has 0 spiro atoms. The van der Waals surface area contributed by atoms with Crippen molar-refractivity contribution in [1.82, 2.24) is 5.32 Å². The molecule has 22 heavy (non-hydrogen) atoms. The van der Waals surface area contributed by atoms with Crippen molar-refractivity contribution in [3.63, 3.8) is 0 Å². The van der Waals surface area contributed by atoms with Crippen LogP contribution in [0.4, 0.5) is 5.69 Å². The lowest BCUT2D eigenvalue weighted by Crippen LogP contribution is -2.23. The first-order valence-electron chi connectivity index (χ1n) is 7.29. The van der Waals surface area contributed by atoms with Crippen LogP contribution < -0.4 is 10.0 Å². The Kier molecular flexibility index (Phi) is 3.70. The molecule has 1 aliphatic heterocycles. The maximum Gasteiger partial charge on any atom is 0.160 e. The number of nitrogens with one attached hydrogen (secondary N) is 2. The minimum Gasteiger partial charge on any atom is -0.312 e. The molecule has 3 aromatic rings. The van der Waals surface area contributed by atoms with Crippen molar-refractivity contribution in [2.75, 3.05) is 11.3 Å². The van der Waals surface area contributed by atoms with Gasteiger partial charge in [-0.3, -0.25) is 0 Å². The molecule has 1 unspecified atom stereocenters. The molecule has 0 amide bonds. The van der Waals surface area contributed by atoms with E-state index >= 15 is 0 Å². The average Bonchev–Trinajstić information content (AvgIpc) is 2.99. The highest BCUT2D eigenvalue weighted by atomic mass is 32.2. The van der Waals surface area contributed by atoms with E-state index in [-0.39, 0.29) is 0 Å². The summed E-state index contributed by atoms with van der Waals surface area (Å²) in [7, 11) is -1.21. The van der Waals surface area contributed by atoms with Gasteiger partial charge in [0, 0.05) is 16.9 Å². The van der Waals surface area contributed by atoms with Crippen LogP contribution in [0.2, 0.25) is 0 Å². The summed E-state index contributed by atoms with van der Waals surface area (Å²) < 4.78 is 17.7. The third kappa shape index (κ3) is 2.67. The van der Waals surface area contributed by atoms with Gasteiger partial charge < -0.3 is 10.0 Å². The first-order chi connectivity index (χ1) is 10.8. The van der Waals surface area contributed by atoms with Gasteiger partial charge >= 0.3 is 0 Å². The second-order valence-electron chi connectivity index (χ2n) is 5.38. The summed E-state index contributed by atoms with van der Waals surface area (Å²) >= 11 is 1.58. The van der Waals surface area contributed by atoms with Gasteiger partial charge in [0.25, 0.3) is 0 Å². The van der Waals surface area contributed by atoms with Crippen LogP contribution in [0.1, 0.15) is 11.1 Å². The number of benzene rings is 2. The van der Waals surface area contributed by atoms with Gasteiger partial charge in [-0.25, -0.2) is 4.21 Å². The fraction of sp³-hybridized carbons (Fsp3) is 0.176. The molecule has 2 aromatic carbocycles. The lowest BCUT2D eigenvalue weighted by molar-refractivity contribution is 0.644.